The van der Waals surface area contributed by atoms with Crippen molar-refractivity contribution in [3.05, 3.63) is 0 Å². The molecule has 18 heavy (non-hydrogen) atoms. The van der Waals surface area contributed by atoms with Crippen LogP contribution in [0.3, 0.4) is 0 Å². The normalized spacial score (nSPS) is 32.2. The van der Waals surface area contributed by atoms with E-state index in [2.05, 4.69) is 0 Å². The summed E-state index contributed by atoms with van der Waals surface area (Å²) in [5.74, 6) is 1.77. The number of carbonyl (C=O) groups is 1. The molecule has 2 rings (SSSR count). The SMILES string of the molecule is CS(=O)(=O)C1CSCCN1C1CCCCCC1=O. The molecule has 0 aromatic rings. The largest absolute Gasteiger partial charge is 0.298 e. The summed E-state index contributed by atoms with van der Waals surface area (Å²) in [5, 5.41) is -0.469. The maximum atomic E-state index is 12.1. The van der Waals surface area contributed by atoms with Crippen molar-refractivity contribution in [3.63, 3.8) is 0 Å². The lowest BCUT2D eigenvalue weighted by molar-refractivity contribution is -0.124. The first-order chi connectivity index (χ1) is 8.50. The Morgan fingerprint density at radius 3 is 2.78 bits per heavy atom. The fraction of sp³-hybridized carbons (Fsp3) is 0.917. The van der Waals surface area contributed by atoms with E-state index in [-0.39, 0.29) is 11.8 Å². The highest BCUT2D eigenvalue weighted by atomic mass is 32.2. The van der Waals surface area contributed by atoms with Gasteiger partial charge in [-0.1, -0.05) is 12.8 Å². The first kappa shape index (κ1) is 14.3. The summed E-state index contributed by atoms with van der Waals surface area (Å²) >= 11 is 1.67. The van der Waals surface area contributed by atoms with Gasteiger partial charge in [0.25, 0.3) is 0 Å². The Balaban J connectivity index is 2.19. The maximum absolute atomic E-state index is 12.1. The average molecular weight is 291 g/mol. The van der Waals surface area contributed by atoms with Crippen LogP contribution in [-0.4, -0.2) is 54.8 Å². The average Bonchev–Trinajstić information content (AvgIpc) is 2.53. The van der Waals surface area contributed by atoms with Gasteiger partial charge in [0, 0.05) is 30.7 Å². The maximum Gasteiger partial charge on any atom is 0.164 e. The van der Waals surface area contributed by atoms with Gasteiger partial charge >= 0.3 is 0 Å². The molecule has 0 aromatic carbocycles. The van der Waals surface area contributed by atoms with E-state index in [1.165, 1.54) is 6.26 Å². The van der Waals surface area contributed by atoms with Crippen LogP contribution in [0.1, 0.15) is 32.1 Å². The summed E-state index contributed by atoms with van der Waals surface area (Å²) in [6.07, 6.45) is 5.82. The van der Waals surface area contributed by atoms with Crippen LogP contribution in [0.25, 0.3) is 0 Å². The fourth-order valence-corrected chi connectivity index (χ4v) is 5.73. The van der Waals surface area contributed by atoms with Gasteiger partial charge in [-0.25, -0.2) is 8.42 Å². The van der Waals surface area contributed by atoms with E-state index in [1.807, 2.05) is 4.90 Å². The lowest BCUT2D eigenvalue weighted by atomic mass is 10.1. The molecule has 0 bridgehead atoms. The van der Waals surface area contributed by atoms with Gasteiger partial charge in [0.1, 0.15) is 11.2 Å². The first-order valence-corrected chi connectivity index (χ1v) is 9.66. The predicted molar refractivity (Wildman–Crippen MR) is 74.5 cm³/mol. The molecule has 6 heteroatoms. The molecule has 2 aliphatic rings. The summed E-state index contributed by atoms with van der Waals surface area (Å²) in [6.45, 7) is 0.721. The standard InChI is InChI=1S/C12H21NO3S2/c1-18(15,16)12-9-17-8-7-13(12)10-5-3-2-4-6-11(10)14/h10,12H,2-9H2,1H3. The van der Waals surface area contributed by atoms with Gasteiger partial charge in [-0.15, -0.1) is 0 Å². The molecule has 2 unspecified atom stereocenters. The smallest absolute Gasteiger partial charge is 0.164 e. The number of carbonyl (C=O) groups excluding carboxylic acids is 1. The van der Waals surface area contributed by atoms with Gasteiger partial charge in [-0.3, -0.25) is 9.69 Å². The Hall–Kier alpha value is -0.0700. The second-order valence-corrected chi connectivity index (χ2v) is 8.53. The van der Waals surface area contributed by atoms with E-state index >= 15 is 0 Å². The topological polar surface area (TPSA) is 54.5 Å². The van der Waals surface area contributed by atoms with Crippen LogP contribution < -0.4 is 0 Å². The molecule has 1 saturated carbocycles. The van der Waals surface area contributed by atoms with Crippen molar-refractivity contribution >= 4 is 27.4 Å². The fourth-order valence-electron chi connectivity index (χ4n) is 2.81. The monoisotopic (exact) mass is 291 g/mol. The molecule has 0 N–H and O–H groups in total. The van der Waals surface area contributed by atoms with Crippen LogP contribution in [0.2, 0.25) is 0 Å². The second kappa shape index (κ2) is 5.92. The van der Waals surface area contributed by atoms with Gasteiger partial charge in [-0.05, 0) is 12.8 Å². The number of hydrogen-bond acceptors (Lipinski definition) is 5. The van der Waals surface area contributed by atoms with Gasteiger partial charge in [-0.2, -0.15) is 11.8 Å². The van der Waals surface area contributed by atoms with E-state index in [1.54, 1.807) is 11.8 Å². The van der Waals surface area contributed by atoms with Crippen LogP contribution in [0.15, 0.2) is 0 Å². The number of sulfone groups is 1. The highest BCUT2D eigenvalue weighted by molar-refractivity contribution is 8.00. The van der Waals surface area contributed by atoms with Gasteiger partial charge in [0.15, 0.2) is 9.84 Å². The van der Waals surface area contributed by atoms with Crippen molar-refractivity contribution in [2.75, 3.05) is 24.3 Å². The molecular weight excluding hydrogens is 270 g/mol. The Bertz CT molecular complexity index is 408. The first-order valence-electron chi connectivity index (χ1n) is 6.55. The number of thioether (sulfide) groups is 1. The van der Waals surface area contributed by atoms with Crippen LogP contribution in [0.4, 0.5) is 0 Å². The molecule has 4 nitrogen and oxygen atoms in total. The Morgan fingerprint density at radius 1 is 1.28 bits per heavy atom. The van der Waals surface area contributed by atoms with Gasteiger partial charge in [0.05, 0.1) is 6.04 Å². The van der Waals surface area contributed by atoms with E-state index in [0.29, 0.717) is 12.2 Å². The molecule has 104 valence electrons. The van der Waals surface area contributed by atoms with Crippen molar-refractivity contribution in [2.24, 2.45) is 0 Å². The van der Waals surface area contributed by atoms with Crippen molar-refractivity contribution in [1.29, 1.82) is 0 Å². The molecule has 2 fully saturated rings. The molecule has 1 aliphatic carbocycles. The summed E-state index contributed by atoms with van der Waals surface area (Å²) in [7, 11) is -3.11. The minimum absolute atomic E-state index is 0.159. The third-order valence-electron chi connectivity index (χ3n) is 3.79. The molecule has 1 saturated heterocycles. The van der Waals surface area contributed by atoms with Gasteiger partial charge in [0.2, 0.25) is 0 Å². The lowest BCUT2D eigenvalue weighted by Gasteiger charge is -2.38. The quantitative estimate of drug-likeness (QED) is 0.718. The van der Waals surface area contributed by atoms with Crippen molar-refractivity contribution in [1.82, 2.24) is 4.90 Å². The van der Waals surface area contributed by atoms with E-state index in [4.69, 9.17) is 0 Å². The third kappa shape index (κ3) is 3.27. The number of hydrogen-bond donors (Lipinski definition) is 0. The number of rotatable bonds is 2. The zero-order valence-electron chi connectivity index (χ0n) is 10.8. The van der Waals surface area contributed by atoms with Crippen LogP contribution in [-0.2, 0) is 14.6 Å². The Labute approximate surface area is 113 Å². The van der Waals surface area contributed by atoms with Crippen molar-refractivity contribution in [2.45, 2.75) is 43.5 Å². The number of Topliss-reactive ketones (excluding diaryl/α,β-unsaturated/α-hetero) is 1. The molecular formula is C12H21NO3S2. The molecule has 0 spiro atoms. The molecule has 1 heterocycles. The minimum Gasteiger partial charge on any atom is -0.298 e. The summed E-state index contributed by atoms with van der Waals surface area (Å²) in [5.41, 5.74) is 0. The molecule has 0 amide bonds. The van der Waals surface area contributed by atoms with E-state index in [9.17, 15) is 13.2 Å². The summed E-state index contributed by atoms with van der Waals surface area (Å²) in [4.78, 5) is 14.1. The second-order valence-electron chi connectivity index (χ2n) is 5.18. The van der Waals surface area contributed by atoms with E-state index < -0.39 is 15.2 Å². The molecule has 0 radical (unpaired) electrons. The van der Waals surface area contributed by atoms with Crippen LogP contribution >= 0.6 is 11.8 Å². The van der Waals surface area contributed by atoms with Gasteiger partial charge < -0.3 is 0 Å². The summed E-state index contributed by atoms with van der Waals surface area (Å²) in [6, 6.07) is -0.159. The molecule has 0 aromatic heterocycles. The lowest BCUT2D eigenvalue weighted by Crippen LogP contribution is -2.54. The number of ketones is 1. The highest BCUT2D eigenvalue weighted by Crippen LogP contribution is 2.27. The van der Waals surface area contributed by atoms with Crippen molar-refractivity contribution in [3.8, 4) is 0 Å². The highest BCUT2D eigenvalue weighted by Gasteiger charge is 2.38. The zero-order chi connectivity index (χ0) is 13.2. The molecule has 1 aliphatic heterocycles. The predicted octanol–water partition coefficient (Wildman–Crippen LogP) is 1.31. The summed E-state index contributed by atoms with van der Waals surface area (Å²) < 4.78 is 23.7. The Morgan fingerprint density at radius 2 is 2.06 bits per heavy atom. The third-order valence-corrected chi connectivity index (χ3v) is 6.45. The van der Waals surface area contributed by atoms with Crippen LogP contribution in [0.5, 0.6) is 0 Å². The van der Waals surface area contributed by atoms with E-state index in [0.717, 1.165) is 38.0 Å². The van der Waals surface area contributed by atoms with Crippen molar-refractivity contribution < 1.29 is 13.2 Å². The Kier molecular flexibility index (Phi) is 4.72. The molecule has 2 atom stereocenters. The zero-order valence-corrected chi connectivity index (χ0v) is 12.4. The minimum atomic E-state index is -3.11. The number of nitrogens with zero attached hydrogens (tertiary/aromatic N) is 1. The van der Waals surface area contributed by atoms with Crippen LogP contribution in [0, 0.1) is 0 Å².